The Hall–Kier alpha value is -3.64. The molecule has 1 N–H and O–H groups in total. The Kier molecular flexibility index (Phi) is 6.47. The molecule has 4 rings (SSSR count). The zero-order valence-electron chi connectivity index (χ0n) is 18.2. The van der Waals surface area contributed by atoms with Gasteiger partial charge in [-0.3, -0.25) is 14.6 Å². The molecule has 33 heavy (non-hydrogen) atoms. The molecule has 6 nitrogen and oxygen atoms in total. The van der Waals surface area contributed by atoms with Crippen LogP contribution in [0, 0.1) is 0 Å². The van der Waals surface area contributed by atoms with Crippen LogP contribution in [0.3, 0.4) is 0 Å². The molecule has 0 spiro atoms. The molecule has 1 amide bonds. The van der Waals surface area contributed by atoms with Crippen molar-refractivity contribution >= 4 is 29.1 Å². The lowest BCUT2D eigenvalue weighted by Crippen LogP contribution is -2.29. The molecule has 0 aliphatic carbocycles. The van der Waals surface area contributed by atoms with Crippen molar-refractivity contribution in [2.24, 2.45) is 0 Å². The van der Waals surface area contributed by atoms with Gasteiger partial charge in [-0.25, -0.2) is 0 Å². The van der Waals surface area contributed by atoms with Crippen LogP contribution in [-0.2, 0) is 16.1 Å². The Bertz CT molecular complexity index is 1190. The number of rotatable bonds is 6. The molecular formula is C26H23ClN2O4. The first-order valence-electron chi connectivity index (χ1n) is 10.5. The number of Topliss-reactive ketones (excluding diaryl/α,β-unsaturated/α-hetero) is 1. The minimum absolute atomic E-state index is 0.00662. The minimum atomic E-state index is -0.769. The fraction of sp³-hybridized carbons (Fsp3) is 0.192. The van der Waals surface area contributed by atoms with E-state index in [4.69, 9.17) is 16.3 Å². The monoisotopic (exact) mass is 462 g/mol. The Morgan fingerprint density at radius 2 is 1.79 bits per heavy atom. The fourth-order valence-corrected chi connectivity index (χ4v) is 3.97. The Morgan fingerprint density at radius 1 is 1.09 bits per heavy atom. The number of aromatic nitrogens is 1. The third kappa shape index (κ3) is 4.76. The van der Waals surface area contributed by atoms with Crippen molar-refractivity contribution in [1.29, 1.82) is 0 Å². The molecular weight excluding hydrogens is 440 g/mol. The first-order chi connectivity index (χ1) is 15.8. The number of hydrogen-bond donors (Lipinski definition) is 1. The van der Waals surface area contributed by atoms with Crippen LogP contribution >= 0.6 is 11.6 Å². The standard InChI is InChI=1S/C26H23ClN2O4/c1-16(2)33-21-11-7-19(8-12-21)24(30)22-23(18-5-9-20(27)10-6-18)29(26(32)25(22)31)15-17-4-3-13-28-14-17/h3-14,16,23,30H,15H2,1-2H3/b24-22+/t23-/m1/s1. The molecule has 0 radical (unpaired) electrons. The van der Waals surface area contributed by atoms with E-state index in [-0.39, 0.29) is 24.0 Å². The van der Waals surface area contributed by atoms with Gasteiger partial charge in [-0.15, -0.1) is 0 Å². The molecule has 1 aliphatic rings. The van der Waals surface area contributed by atoms with Gasteiger partial charge in [0.25, 0.3) is 11.7 Å². The summed E-state index contributed by atoms with van der Waals surface area (Å²) >= 11 is 6.06. The zero-order chi connectivity index (χ0) is 23.5. The second-order valence-corrected chi connectivity index (χ2v) is 8.47. The summed E-state index contributed by atoms with van der Waals surface area (Å²) in [5.74, 6) is -1.01. The van der Waals surface area contributed by atoms with Gasteiger partial charge in [0.05, 0.1) is 17.7 Å². The number of pyridine rings is 1. The molecule has 1 saturated heterocycles. The Morgan fingerprint density at radius 3 is 2.39 bits per heavy atom. The highest BCUT2D eigenvalue weighted by Gasteiger charge is 2.46. The molecule has 1 aromatic heterocycles. The van der Waals surface area contributed by atoms with Gasteiger partial charge in [-0.2, -0.15) is 0 Å². The smallest absolute Gasteiger partial charge is 0.295 e. The van der Waals surface area contributed by atoms with Gasteiger partial charge >= 0.3 is 0 Å². The highest BCUT2D eigenvalue weighted by molar-refractivity contribution is 6.46. The van der Waals surface area contributed by atoms with E-state index in [9.17, 15) is 14.7 Å². The average molecular weight is 463 g/mol. The molecule has 0 bridgehead atoms. The number of hydrogen-bond acceptors (Lipinski definition) is 5. The number of amides is 1. The van der Waals surface area contributed by atoms with Crippen LogP contribution < -0.4 is 4.74 Å². The first kappa shape index (κ1) is 22.6. The van der Waals surface area contributed by atoms with Gasteiger partial charge in [0.2, 0.25) is 0 Å². The number of halogens is 1. The molecule has 7 heteroatoms. The molecule has 1 atom stereocenters. The molecule has 1 fully saturated rings. The SMILES string of the molecule is CC(C)Oc1ccc(/C(O)=C2\C(=O)C(=O)N(Cc3cccnc3)[C@@H]2c2ccc(Cl)cc2)cc1. The largest absolute Gasteiger partial charge is 0.507 e. The second kappa shape index (κ2) is 9.46. The molecule has 2 heterocycles. The predicted molar refractivity (Wildman–Crippen MR) is 126 cm³/mol. The lowest BCUT2D eigenvalue weighted by molar-refractivity contribution is -0.140. The number of carbonyl (C=O) groups is 2. The van der Waals surface area contributed by atoms with Crippen molar-refractivity contribution < 1.29 is 19.4 Å². The van der Waals surface area contributed by atoms with E-state index < -0.39 is 17.7 Å². The van der Waals surface area contributed by atoms with E-state index in [1.165, 1.54) is 4.90 Å². The summed E-state index contributed by atoms with van der Waals surface area (Å²) in [5, 5.41) is 11.7. The Labute approximate surface area is 197 Å². The van der Waals surface area contributed by atoms with Gasteiger partial charge in [0, 0.05) is 29.5 Å². The van der Waals surface area contributed by atoms with Crippen molar-refractivity contribution in [3.05, 3.63) is 100 Å². The summed E-state index contributed by atoms with van der Waals surface area (Å²) in [6.07, 6.45) is 3.29. The van der Waals surface area contributed by atoms with Crippen molar-refractivity contribution in [1.82, 2.24) is 9.88 Å². The summed E-state index contributed by atoms with van der Waals surface area (Å²) in [6, 6.07) is 16.5. The van der Waals surface area contributed by atoms with E-state index in [1.54, 1.807) is 67.0 Å². The molecule has 1 aliphatic heterocycles. The summed E-state index contributed by atoms with van der Waals surface area (Å²) < 4.78 is 5.65. The third-order valence-corrected chi connectivity index (χ3v) is 5.55. The number of nitrogens with zero attached hydrogens (tertiary/aromatic N) is 2. The number of ether oxygens (including phenoxy) is 1. The maximum Gasteiger partial charge on any atom is 0.295 e. The van der Waals surface area contributed by atoms with Crippen LogP contribution in [0.25, 0.3) is 5.76 Å². The third-order valence-electron chi connectivity index (χ3n) is 5.30. The number of benzene rings is 2. The van der Waals surface area contributed by atoms with E-state index >= 15 is 0 Å². The summed E-state index contributed by atoms with van der Waals surface area (Å²) in [6.45, 7) is 4.01. The minimum Gasteiger partial charge on any atom is -0.507 e. The van der Waals surface area contributed by atoms with Crippen molar-refractivity contribution in [3.8, 4) is 5.75 Å². The predicted octanol–water partition coefficient (Wildman–Crippen LogP) is 5.14. The lowest BCUT2D eigenvalue weighted by atomic mass is 9.95. The van der Waals surface area contributed by atoms with E-state index in [1.807, 2.05) is 19.9 Å². The first-order valence-corrected chi connectivity index (χ1v) is 10.9. The van der Waals surface area contributed by atoms with Crippen LogP contribution in [0.2, 0.25) is 5.02 Å². The number of aliphatic hydroxyl groups is 1. The second-order valence-electron chi connectivity index (χ2n) is 8.03. The van der Waals surface area contributed by atoms with Crippen LogP contribution in [0.1, 0.15) is 36.6 Å². The summed E-state index contributed by atoms with van der Waals surface area (Å²) in [7, 11) is 0. The maximum atomic E-state index is 13.1. The van der Waals surface area contributed by atoms with Crippen LogP contribution in [0.4, 0.5) is 0 Å². The van der Waals surface area contributed by atoms with Crippen molar-refractivity contribution in [3.63, 3.8) is 0 Å². The van der Waals surface area contributed by atoms with Gasteiger partial charge in [-0.1, -0.05) is 29.8 Å². The van der Waals surface area contributed by atoms with Crippen LogP contribution in [0.5, 0.6) is 5.75 Å². The maximum absolute atomic E-state index is 13.1. The quantitative estimate of drug-likeness (QED) is 0.311. The number of carbonyl (C=O) groups excluding carboxylic acids is 2. The van der Waals surface area contributed by atoms with Crippen molar-refractivity contribution in [2.45, 2.75) is 32.5 Å². The summed E-state index contributed by atoms with van der Waals surface area (Å²) in [4.78, 5) is 31.7. The van der Waals surface area contributed by atoms with Gasteiger partial charge in [-0.05, 0) is 67.4 Å². The van der Waals surface area contributed by atoms with Crippen LogP contribution in [0.15, 0.2) is 78.6 Å². The van der Waals surface area contributed by atoms with E-state index in [0.29, 0.717) is 21.9 Å². The molecule has 3 aromatic rings. The highest BCUT2D eigenvalue weighted by atomic mass is 35.5. The number of aliphatic hydroxyl groups excluding tert-OH is 1. The van der Waals surface area contributed by atoms with Gasteiger partial charge in [0.15, 0.2) is 0 Å². The molecule has 168 valence electrons. The zero-order valence-corrected chi connectivity index (χ0v) is 19.0. The topological polar surface area (TPSA) is 79.7 Å². The molecule has 2 aromatic carbocycles. The van der Waals surface area contributed by atoms with Crippen LogP contribution in [-0.4, -0.2) is 32.8 Å². The fourth-order valence-electron chi connectivity index (χ4n) is 3.84. The number of ketones is 1. The van der Waals surface area contributed by atoms with Gasteiger partial charge < -0.3 is 14.7 Å². The van der Waals surface area contributed by atoms with E-state index in [0.717, 1.165) is 5.56 Å². The lowest BCUT2D eigenvalue weighted by Gasteiger charge is -2.25. The normalized spacial score (nSPS) is 17.6. The summed E-state index contributed by atoms with van der Waals surface area (Å²) in [5.41, 5.74) is 1.89. The molecule has 0 unspecified atom stereocenters. The van der Waals surface area contributed by atoms with Gasteiger partial charge in [0.1, 0.15) is 11.5 Å². The highest BCUT2D eigenvalue weighted by Crippen LogP contribution is 2.40. The average Bonchev–Trinajstić information content (AvgIpc) is 3.05. The Balaban J connectivity index is 1.79. The number of likely N-dealkylation sites (tertiary alicyclic amines) is 1. The van der Waals surface area contributed by atoms with Crippen molar-refractivity contribution in [2.75, 3.05) is 0 Å². The van der Waals surface area contributed by atoms with E-state index in [2.05, 4.69) is 4.98 Å². The molecule has 0 saturated carbocycles.